The van der Waals surface area contributed by atoms with Gasteiger partial charge in [-0.2, -0.15) is 0 Å². The maximum atomic E-state index is 9.17. The molecule has 21 heavy (non-hydrogen) atoms. The van der Waals surface area contributed by atoms with Crippen LogP contribution in [-0.2, 0) is 13.2 Å². The molecule has 0 saturated carbocycles. The van der Waals surface area contributed by atoms with Crippen molar-refractivity contribution in [3.8, 4) is 11.5 Å². The van der Waals surface area contributed by atoms with Crippen LogP contribution in [0.4, 0.5) is 0 Å². The van der Waals surface area contributed by atoms with Gasteiger partial charge in [0.2, 0.25) is 0 Å². The van der Waals surface area contributed by atoms with Gasteiger partial charge in [-0.1, -0.05) is 11.6 Å². The molecule has 0 atom stereocenters. The molecule has 0 aliphatic carbocycles. The molecule has 0 spiro atoms. The largest absolute Gasteiger partial charge is 0.493 e. The fourth-order valence-corrected chi connectivity index (χ4v) is 3.00. The van der Waals surface area contributed by atoms with Crippen LogP contribution in [-0.4, -0.2) is 21.6 Å². The predicted molar refractivity (Wildman–Crippen MR) is 81.3 cm³/mol. The van der Waals surface area contributed by atoms with Gasteiger partial charge in [0.25, 0.3) is 0 Å². The van der Waals surface area contributed by atoms with Gasteiger partial charge in [0.15, 0.2) is 16.5 Å². The minimum Gasteiger partial charge on any atom is -0.493 e. The second-order valence-electron chi connectivity index (χ2n) is 4.38. The first-order valence-corrected chi connectivity index (χ1v) is 7.48. The molecule has 0 fully saturated rings. The van der Waals surface area contributed by atoms with Crippen LogP contribution in [0.3, 0.4) is 0 Å². The molecule has 3 aromatic rings. The molecule has 7 heteroatoms. The number of nitrogens with zero attached hydrogens (tertiary/aromatic N) is 2. The Bertz CT molecular complexity index is 740. The van der Waals surface area contributed by atoms with Crippen LogP contribution < -0.4 is 9.47 Å². The Morgan fingerprint density at radius 2 is 2.29 bits per heavy atom. The summed E-state index contributed by atoms with van der Waals surface area (Å²) in [6.07, 6.45) is 3.86. The van der Waals surface area contributed by atoms with Crippen molar-refractivity contribution in [3.63, 3.8) is 0 Å². The zero-order chi connectivity index (χ0) is 14.8. The minimum absolute atomic E-state index is 0.103. The summed E-state index contributed by atoms with van der Waals surface area (Å²) in [4.78, 5) is 5.36. The Labute approximate surface area is 130 Å². The first kappa shape index (κ1) is 14.2. The maximum absolute atomic E-state index is 9.17. The summed E-state index contributed by atoms with van der Waals surface area (Å²) in [5.74, 6) is 0.945. The Morgan fingerprint density at radius 3 is 3.00 bits per heavy atom. The molecule has 110 valence electrons. The van der Waals surface area contributed by atoms with E-state index in [1.54, 1.807) is 23.5 Å². The summed E-state index contributed by atoms with van der Waals surface area (Å²) in [5, 5.41) is 11.5. The molecule has 0 bridgehead atoms. The highest BCUT2D eigenvalue weighted by Crippen LogP contribution is 2.37. The van der Waals surface area contributed by atoms with E-state index in [2.05, 4.69) is 4.98 Å². The van der Waals surface area contributed by atoms with Crippen molar-refractivity contribution in [2.24, 2.45) is 0 Å². The molecule has 1 N–H and O–H groups in total. The number of hydrogen-bond acceptors (Lipinski definition) is 5. The number of thiazole rings is 1. The second-order valence-corrected chi connectivity index (χ2v) is 5.66. The Morgan fingerprint density at radius 1 is 1.43 bits per heavy atom. The van der Waals surface area contributed by atoms with Gasteiger partial charge in [-0.3, -0.25) is 4.40 Å². The fraction of sp³-hybridized carbons (Fsp3) is 0.214. The fourth-order valence-electron chi connectivity index (χ4n) is 2.00. The third kappa shape index (κ3) is 2.83. The average molecular weight is 325 g/mol. The quantitative estimate of drug-likeness (QED) is 0.783. The predicted octanol–water partition coefficient (Wildman–Crippen LogP) is 3.13. The van der Waals surface area contributed by atoms with E-state index in [4.69, 9.17) is 21.1 Å². The zero-order valence-corrected chi connectivity index (χ0v) is 12.8. The van der Waals surface area contributed by atoms with E-state index in [0.29, 0.717) is 28.7 Å². The summed E-state index contributed by atoms with van der Waals surface area (Å²) in [5.41, 5.74) is 1.48. The van der Waals surface area contributed by atoms with E-state index in [0.717, 1.165) is 10.7 Å². The van der Waals surface area contributed by atoms with E-state index in [9.17, 15) is 5.11 Å². The van der Waals surface area contributed by atoms with Crippen LogP contribution in [0, 0.1) is 0 Å². The van der Waals surface area contributed by atoms with Crippen LogP contribution in [0.5, 0.6) is 11.5 Å². The normalized spacial score (nSPS) is 11.0. The molecule has 3 rings (SSSR count). The molecule has 2 aromatic heterocycles. The number of rotatable bonds is 5. The maximum Gasteiger partial charge on any atom is 0.193 e. The topological polar surface area (TPSA) is 56.0 Å². The first-order valence-electron chi connectivity index (χ1n) is 6.22. The monoisotopic (exact) mass is 324 g/mol. The lowest BCUT2D eigenvalue weighted by Gasteiger charge is -2.12. The standard InChI is InChI=1S/C14H13ClN2O3S/c1-19-12-5-9(7-18)4-11(15)13(12)20-8-10-6-17-2-3-21-14(17)16-10/h2-6,18H,7-8H2,1H3. The van der Waals surface area contributed by atoms with Crippen LogP contribution in [0.2, 0.25) is 5.02 Å². The van der Waals surface area contributed by atoms with Gasteiger partial charge in [0, 0.05) is 17.8 Å². The Kier molecular flexibility index (Phi) is 4.01. The SMILES string of the molecule is COc1cc(CO)cc(Cl)c1OCc1cn2ccsc2n1. The number of halogens is 1. The highest BCUT2D eigenvalue weighted by atomic mass is 35.5. The number of methoxy groups -OCH3 is 1. The summed E-state index contributed by atoms with van der Waals surface area (Å²) in [7, 11) is 1.53. The van der Waals surface area contributed by atoms with Crippen molar-refractivity contribution in [1.82, 2.24) is 9.38 Å². The number of fused-ring (bicyclic) bond motifs is 1. The van der Waals surface area contributed by atoms with Crippen molar-refractivity contribution in [3.05, 3.63) is 46.2 Å². The van der Waals surface area contributed by atoms with Crippen LogP contribution in [0.1, 0.15) is 11.3 Å². The van der Waals surface area contributed by atoms with Gasteiger partial charge in [-0.05, 0) is 17.7 Å². The molecule has 0 aliphatic heterocycles. The third-order valence-corrected chi connectivity index (χ3v) is 4.03. The average Bonchev–Trinajstić information content (AvgIpc) is 3.06. The molecule has 1 aromatic carbocycles. The molecular formula is C14H13ClN2O3S. The number of hydrogen-bond donors (Lipinski definition) is 1. The summed E-state index contributed by atoms with van der Waals surface area (Å²) in [6.45, 7) is 0.191. The smallest absolute Gasteiger partial charge is 0.193 e. The van der Waals surface area contributed by atoms with Gasteiger partial charge in [0.1, 0.15) is 6.61 Å². The second kappa shape index (κ2) is 5.93. The van der Waals surface area contributed by atoms with Gasteiger partial charge in [-0.25, -0.2) is 4.98 Å². The molecule has 0 radical (unpaired) electrons. The lowest BCUT2D eigenvalue weighted by molar-refractivity contribution is 0.273. The van der Waals surface area contributed by atoms with Gasteiger partial charge < -0.3 is 14.6 Å². The van der Waals surface area contributed by atoms with Gasteiger partial charge in [-0.15, -0.1) is 11.3 Å². The number of aromatic nitrogens is 2. The van der Waals surface area contributed by atoms with Crippen molar-refractivity contribution in [1.29, 1.82) is 0 Å². The number of imidazole rings is 1. The highest BCUT2D eigenvalue weighted by Gasteiger charge is 2.13. The van der Waals surface area contributed by atoms with E-state index in [1.165, 1.54) is 7.11 Å². The minimum atomic E-state index is -0.103. The van der Waals surface area contributed by atoms with E-state index < -0.39 is 0 Å². The van der Waals surface area contributed by atoms with Gasteiger partial charge in [0.05, 0.1) is 24.4 Å². The summed E-state index contributed by atoms with van der Waals surface area (Å²) < 4.78 is 12.9. The van der Waals surface area contributed by atoms with Crippen molar-refractivity contribution < 1.29 is 14.6 Å². The van der Waals surface area contributed by atoms with Gasteiger partial charge >= 0.3 is 0 Å². The van der Waals surface area contributed by atoms with Crippen molar-refractivity contribution in [2.45, 2.75) is 13.2 Å². The van der Waals surface area contributed by atoms with E-state index in [1.807, 2.05) is 22.2 Å². The summed E-state index contributed by atoms with van der Waals surface area (Å²) in [6, 6.07) is 3.36. The Balaban J connectivity index is 1.82. The van der Waals surface area contributed by atoms with Crippen molar-refractivity contribution in [2.75, 3.05) is 7.11 Å². The molecule has 2 heterocycles. The number of aliphatic hydroxyl groups is 1. The molecular weight excluding hydrogens is 312 g/mol. The van der Waals surface area contributed by atoms with Crippen LogP contribution in [0.15, 0.2) is 29.9 Å². The molecule has 0 saturated heterocycles. The lowest BCUT2D eigenvalue weighted by atomic mass is 10.2. The first-order chi connectivity index (χ1) is 10.2. The van der Waals surface area contributed by atoms with Crippen LogP contribution in [0.25, 0.3) is 4.96 Å². The van der Waals surface area contributed by atoms with E-state index in [-0.39, 0.29) is 6.61 Å². The molecule has 0 aliphatic rings. The zero-order valence-electron chi connectivity index (χ0n) is 11.2. The lowest BCUT2D eigenvalue weighted by Crippen LogP contribution is -2.00. The molecule has 0 unspecified atom stereocenters. The molecule has 0 amide bonds. The van der Waals surface area contributed by atoms with Crippen molar-refractivity contribution >= 4 is 27.9 Å². The van der Waals surface area contributed by atoms with Crippen LogP contribution >= 0.6 is 22.9 Å². The summed E-state index contributed by atoms with van der Waals surface area (Å²) >= 11 is 7.74. The number of aliphatic hydroxyl groups excluding tert-OH is 1. The number of ether oxygens (including phenoxy) is 2. The highest BCUT2D eigenvalue weighted by molar-refractivity contribution is 7.15. The Hall–Kier alpha value is -1.76. The number of benzene rings is 1. The van der Waals surface area contributed by atoms with E-state index >= 15 is 0 Å². The third-order valence-electron chi connectivity index (χ3n) is 2.98. The molecule has 5 nitrogen and oxygen atoms in total.